The third-order valence-corrected chi connectivity index (χ3v) is 5.25. The second kappa shape index (κ2) is 6.99. The van der Waals surface area contributed by atoms with E-state index in [9.17, 15) is 9.90 Å². The largest absolute Gasteiger partial charge is 0.486 e. The molecule has 132 valence electrons. The van der Waals surface area contributed by atoms with Crippen LogP contribution in [0, 0.1) is 5.92 Å². The SMILES string of the molecule is O=C(NCC1CNCC1O)c1csc(-c2ccc3c(c2)OCCO3)n1. The van der Waals surface area contributed by atoms with Crippen molar-refractivity contribution in [2.45, 2.75) is 6.10 Å². The molecule has 4 rings (SSSR count). The number of carbonyl (C=O) groups excluding carboxylic acids is 1. The van der Waals surface area contributed by atoms with E-state index in [-0.39, 0.29) is 11.8 Å². The highest BCUT2D eigenvalue weighted by Gasteiger charge is 2.25. The summed E-state index contributed by atoms with van der Waals surface area (Å²) in [6.45, 7) is 2.80. The maximum Gasteiger partial charge on any atom is 0.270 e. The lowest BCUT2D eigenvalue weighted by Gasteiger charge is -2.18. The van der Waals surface area contributed by atoms with Crippen molar-refractivity contribution in [1.29, 1.82) is 0 Å². The van der Waals surface area contributed by atoms with Crippen molar-refractivity contribution in [2.75, 3.05) is 32.8 Å². The van der Waals surface area contributed by atoms with Gasteiger partial charge in [0.25, 0.3) is 5.91 Å². The number of β-amino-alcohol motifs (C(OH)–C–C–N with tert-alkyl or cyclic N) is 1. The van der Waals surface area contributed by atoms with E-state index in [0.717, 1.165) is 16.3 Å². The molecule has 3 heterocycles. The number of amides is 1. The number of nitrogens with zero attached hydrogens (tertiary/aromatic N) is 1. The van der Waals surface area contributed by atoms with Crippen molar-refractivity contribution in [3.63, 3.8) is 0 Å². The molecule has 25 heavy (non-hydrogen) atoms. The molecule has 1 saturated heterocycles. The maximum absolute atomic E-state index is 12.3. The molecule has 2 atom stereocenters. The molecule has 0 aliphatic carbocycles. The number of fused-ring (bicyclic) bond motifs is 1. The minimum absolute atomic E-state index is 0.0415. The Morgan fingerprint density at radius 1 is 1.32 bits per heavy atom. The molecule has 1 fully saturated rings. The quantitative estimate of drug-likeness (QED) is 0.749. The van der Waals surface area contributed by atoms with Gasteiger partial charge in [-0.2, -0.15) is 0 Å². The summed E-state index contributed by atoms with van der Waals surface area (Å²) in [5.74, 6) is 1.25. The van der Waals surface area contributed by atoms with Crippen LogP contribution in [0.1, 0.15) is 10.5 Å². The Balaban J connectivity index is 1.43. The van der Waals surface area contributed by atoms with E-state index in [1.807, 2.05) is 18.2 Å². The Morgan fingerprint density at radius 2 is 2.16 bits per heavy atom. The summed E-state index contributed by atoms with van der Waals surface area (Å²) < 4.78 is 11.1. The lowest BCUT2D eigenvalue weighted by Crippen LogP contribution is -2.34. The van der Waals surface area contributed by atoms with Crippen LogP contribution in [0.25, 0.3) is 10.6 Å². The van der Waals surface area contributed by atoms with Crippen LogP contribution in [0.2, 0.25) is 0 Å². The Hall–Kier alpha value is -2.16. The minimum atomic E-state index is -0.413. The number of ether oxygens (including phenoxy) is 2. The Morgan fingerprint density at radius 3 is 2.96 bits per heavy atom. The number of aliphatic hydroxyl groups excluding tert-OH is 1. The van der Waals surface area contributed by atoms with E-state index in [1.54, 1.807) is 5.38 Å². The monoisotopic (exact) mass is 361 g/mol. The Labute approximate surface area is 149 Å². The van der Waals surface area contributed by atoms with Crippen molar-refractivity contribution in [1.82, 2.24) is 15.6 Å². The number of aromatic nitrogens is 1. The summed E-state index contributed by atoms with van der Waals surface area (Å²) in [6.07, 6.45) is -0.413. The first-order chi connectivity index (χ1) is 12.2. The number of hydrogen-bond acceptors (Lipinski definition) is 7. The fraction of sp³-hybridized carbons (Fsp3) is 0.412. The summed E-state index contributed by atoms with van der Waals surface area (Å²) in [6, 6.07) is 5.66. The van der Waals surface area contributed by atoms with Crippen LogP contribution in [0.5, 0.6) is 11.5 Å². The molecule has 0 saturated carbocycles. The second-order valence-corrected chi connectivity index (χ2v) is 6.95. The molecular formula is C17H19N3O4S. The lowest BCUT2D eigenvalue weighted by molar-refractivity contribution is 0.0923. The number of thiazole rings is 1. The first kappa shape index (κ1) is 16.3. The number of carbonyl (C=O) groups is 1. The molecule has 8 heteroatoms. The normalized spacial score (nSPS) is 22.0. The van der Waals surface area contributed by atoms with Crippen LogP contribution >= 0.6 is 11.3 Å². The van der Waals surface area contributed by atoms with E-state index in [0.29, 0.717) is 44.3 Å². The van der Waals surface area contributed by atoms with Crippen LogP contribution in [0.3, 0.4) is 0 Å². The molecule has 1 aromatic heterocycles. The summed E-state index contributed by atoms with van der Waals surface area (Å²) in [4.78, 5) is 16.7. The van der Waals surface area contributed by atoms with Gasteiger partial charge in [0.2, 0.25) is 0 Å². The molecule has 2 aliphatic rings. The van der Waals surface area contributed by atoms with Gasteiger partial charge in [-0.05, 0) is 18.2 Å². The summed E-state index contributed by atoms with van der Waals surface area (Å²) in [5.41, 5.74) is 1.28. The van der Waals surface area contributed by atoms with Crippen molar-refractivity contribution in [3.05, 3.63) is 29.3 Å². The number of benzene rings is 1. The van der Waals surface area contributed by atoms with Gasteiger partial charge in [0, 0.05) is 36.5 Å². The zero-order valence-electron chi connectivity index (χ0n) is 13.5. The highest BCUT2D eigenvalue weighted by atomic mass is 32.1. The fourth-order valence-electron chi connectivity index (χ4n) is 2.93. The average molecular weight is 361 g/mol. The van der Waals surface area contributed by atoms with Crippen LogP contribution in [-0.2, 0) is 0 Å². The van der Waals surface area contributed by atoms with Gasteiger partial charge in [0.05, 0.1) is 6.10 Å². The Bertz CT molecular complexity index is 779. The van der Waals surface area contributed by atoms with Gasteiger partial charge in [0.1, 0.15) is 23.9 Å². The summed E-state index contributed by atoms with van der Waals surface area (Å²) in [7, 11) is 0. The smallest absolute Gasteiger partial charge is 0.270 e. The third-order valence-electron chi connectivity index (χ3n) is 4.35. The molecule has 2 aliphatic heterocycles. The molecule has 0 radical (unpaired) electrons. The number of hydrogen-bond donors (Lipinski definition) is 3. The highest BCUT2D eigenvalue weighted by Crippen LogP contribution is 2.35. The molecule has 3 N–H and O–H groups in total. The molecule has 1 aromatic carbocycles. The molecule has 2 unspecified atom stereocenters. The first-order valence-electron chi connectivity index (χ1n) is 8.23. The number of aliphatic hydroxyl groups is 1. The Kier molecular flexibility index (Phi) is 4.56. The summed E-state index contributed by atoms with van der Waals surface area (Å²) >= 11 is 1.41. The summed E-state index contributed by atoms with van der Waals surface area (Å²) in [5, 5.41) is 18.2. The molecule has 1 amide bonds. The highest BCUT2D eigenvalue weighted by molar-refractivity contribution is 7.13. The van der Waals surface area contributed by atoms with Gasteiger partial charge < -0.3 is 25.2 Å². The zero-order valence-corrected chi connectivity index (χ0v) is 14.3. The first-order valence-corrected chi connectivity index (χ1v) is 9.11. The minimum Gasteiger partial charge on any atom is -0.486 e. The van der Waals surface area contributed by atoms with E-state index in [2.05, 4.69) is 15.6 Å². The number of rotatable bonds is 4. The van der Waals surface area contributed by atoms with Crippen LogP contribution in [0.15, 0.2) is 23.6 Å². The van der Waals surface area contributed by atoms with Crippen LogP contribution in [-0.4, -0.2) is 54.9 Å². The topological polar surface area (TPSA) is 92.7 Å². The van der Waals surface area contributed by atoms with E-state index in [1.165, 1.54) is 11.3 Å². The molecule has 0 bridgehead atoms. The van der Waals surface area contributed by atoms with Gasteiger partial charge in [0.15, 0.2) is 11.5 Å². The van der Waals surface area contributed by atoms with Crippen LogP contribution in [0.4, 0.5) is 0 Å². The lowest BCUT2D eigenvalue weighted by atomic mass is 10.1. The maximum atomic E-state index is 12.3. The number of nitrogens with one attached hydrogen (secondary N) is 2. The van der Waals surface area contributed by atoms with Crippen molar-refractivity contribution >= 4 is 17.2 Å². The molecule has 7 nitrogen and oxygen atoms in total. The average Bonchev–Trinajstić information content (AvgIpc) is 3.28. The van der Waals surface area contributed by atoms with Gasteiger partial charge in [-0.15, -0.1) is 11.3 Å². The van der Waals surface area contributed by atoms with Gasteiger partial charge in [-0.25, -0.2) is 4.98 Å². The van der Waals surface area contributed by atoms with Crippen molar-refractivity contribution in [2.24, 2.45) is 5.92 Å². The van der Waals surface area contributed by atoms with Crippen molar-refractivity contribution < 1.29 is 19.4 Å². The predicted molar refractivity (Wildman–Crippen MR) is 93.2 cm³/mol. The predicted octanol–water partition coefficient (Wildman–Crippen LogP) is 0.891. The van der Waals surface area contributed by atoms with Crippen LogP contribution < -0.4 is 20.1 Å². The molecular weight excluding hydrogens is 342 g/mol. The molecule has 0 spiro atoms. The second-order valence-electron chi connectivity index (χ2n) is 6.09. The third kappa shape index (κ3) is 3.46. The van der Waals surface area contributed by atoms with Gasteiger partial charge in [-0.1, -0.05) is 0 Å². The standard InChI is InChI=1S/C17H19N3O4S/c21-13-8-18-6-11(13)7-19-16(22)12-9-25-17(20-12)10-1-2-14-15(5-10)24-4-3-23-14/h1-2,5,9,11,13,18,21H,3-4,6-8H2,(H,19,22). The van der Waals surface area contributed by atoms with E-state index >= 15 is 0 Å². The van der Waals surface area contributed by atoms with Crippen molar-refractivity contribution in [3.8, 4) is 22.1 Å². The van der Waals surface area contributed by atoms with Gasteiger partial charge in [-0.3, -0.25) is 4.79 Å². The fourth-order valence-corrected chi connectivity index (χ4v) is 3.73. The van der Waals surface area contributed by atoms with E-state index < -0.39 is 6.10 Å². The van der Waals surface area contributed by atoms with Gasteiger partial charge >= 0.3 is 0 Å². The molecule has 2 aromatic rings. The zero-order chi connectivity index (χ0) is 17.2. The van der Waals surface area contributed by atoms with E-state index in [4.69, 9.17) is 9.47 Å².